The molecule has 30 heavy (non-hydrogen) atoms. The second-order valence-corrected chi connectivity index (χ2v) is 6.93. The summed E-state index contributed by atoms with van der Waals surface area (Å²) in [5.41, 5.74) is 2.85. The minimum Gasteiger partial charge on any atom is -0.493 e. The first-order valence-corrected chi connectivity index (χ1v) is 10.1. The lowest BCUT2D eigenvalue weighted by molar-refractivity contribution is -0.122. The van der Waals surface area contributed by atoms with Gasteiger partial charge in [0.15, 0.2) is 11.5 Å². The Morgan fingerprint density at radius 3 is 2.03 bits per heavy atom. The predicted octanol–water partition coefficient (Wildman–Crippen LogP) is 4.80. The van der Waals surface area contributed by atoms with Crippen LogP contribution < -0.4 is 20.1 Å². The highest BCUT2D eigenvalue weighted by molar-refractivity contribution is 5.85. The van der Waals surface area contributed by atoms with Crippen molar-refractivity contribution in [3.63, 3.8) is 0 Å². The molecule has 3 aromatic carbocycles. The minimum absolute atomic E-state index is 0.0967. The molecule has 0 radical (unpaired) electrons. The third kappa shape index (κ3) is 5.32. The fourth-order valence-electron chi connectivity index (χ4n) is 3.27. The maximum absolute atomic E-state index is 13.0. The Morgan fingerprint density at radius 1 is 0.900 bits per heavy atom. The van der Waals surface area contributed by atoms with Crippen molar-refractivity contribution >= 4 is 11.6 Å². The van der Waals surface area contributed by atoms with Crippen molar-refractivity contribution < 1.29 is 14.3 Å². The normalized spacial score (nSPS) is 11.6. The highest BCUT2D eigenvalue weighted by atomic mass is 16.5. The first kappa shape index (κ1) is 21.2. The van der Waals surface area contributed by atoms with Gasteiger partial charge in [0.1, 0.15) is 6.04 Å². The fraction of sp³-hybridized carbons (Fsp3) is 0.240. The van der Waals surface area contributed by atoms with Crippen LogP contribution in [0.1, 0.15) is 31.0 Å². The third-order valence-corrected chi connectivity index (χ3v) is 4.79. The number of rotatable bonds is 9. The summed E-state index contributed by atoms with van der Waals surface area (Å²) >= 11 is 0. The smallest absolute Gasteiger partial charge is 0.242 e. The summed E-state index contributed by atoms with van der Waals surface area (Å²) in [4.78, 5) is 13.0. The number of carbonyl (C=O) groups excluding carboxylic acids is 1. The van der Waals surface area contributed by atoms with Gasteiger partial charge in [-0.15, -0.1) is 0 Å². The lowest BCUT2D eigenvalue weighted by Crippen LogP contribution is -2.40. The molecular formula is C25H28N2O3. The van der Waals surface area contributed by atoms with Crippen molar-refractivity contribution in [2.45, 2.75) is 25.9 Å². The van der Waals surface area contributed by atoms with Gasteiger partial charge in [0.25, 0.3) is 0 Å². The van der Waals surface area contributed by atoms with Crippen molar-refractivity contribution in [1.29, 1.82) is 0 Å². The number of hydrogen-bond acceptors (Lipinski definition) is 4. The van der Waals surface area contributed by atoms with Crippen LogP contribution in [0.3, 0.4) is 0 Å². The van der Waals surface area contributed by atoms with E-state index in [0.29, 0.717) is 18.1 Å². The average Bonchev–Trinajstić information content (AvgIpc) is 2.79. The largest absolute Gasteiger partial charge is 0.493 e. The molecule has 0 heterocycles. The Labute approximate surface area is 178 Å². The molecule has 0 aromatic heterocycles. The molecule has 0 saturated heterocycles. The number of benzene rings is 3. The molecule has 0 spiro atoms. The van der Waals surface area contributed by atoms with Crippen LogP contribution in [-0.2, 0) is 4.79 Å². The molecule has 3 rings (SSSR count). The number of methoxy groups -OCH3 is 1. The van der Waals surface area contributed by atoms with E-state index in [4.69, 9.17) is 9.47 Å². The Hall–Kier alpha value is -3.47. The number of hydrogen-bond donors (Lipinski definition) is 2. The molecule has 0 unspecified atom stereocenters. The van der Waals surface area contributed by atoms with Crippen LogP contribution in [0.5, 0.6) is 11.5 Å². The van der Waals surface area contributed by atoms with Crippen molar-refractivity contribution in [3.05, 3.63) is 90.0 Å². The molecule has 2 N–H and O–H groups in total. The van der Waals surface area contributed by atoms with E-state index >= 15 is 0 Å². The standard InChI is InChI=1S/C25H28N2O3/c1-4-30-22-16-15-21(17-23(22)29-3)26-18(2)25(28)27-24(19-11-7-5-8-12-19)20-13-9-6-10-14-20/h5-18,24,26H,4H2,1-3H3,(H,27,28)/t18-/m0/s1. The lowest BCUT2D eigenvalue weighted by Gasteiger charge is -2.23. The molecule has 3 aromatic rings. The number of nitrogens with one attached hydrogen (secondary N) is 2. The van der Waals surface area contributed by atoms with Crippen LogP contribution in [0.2, 0.25) is 0 Å². The molecule has 0 aliphatic carbocycles. The fourth-order valence-corrected chi connectivity index (χ4v) is 3.27. The zero-order valence-electron chi connectivity index (χ0n) is 17.6. The van der Waals surface area contributed by atoms with E-state index in [9.17, 15) is 4.79 Å². The third-order valence-electron chi connectivity index (χ3n) is 4.79. The van der Waals surface area contributed by atoms with Gasteiger partial charge < -0.3 is 20.1 Å². The van der Waals surface area contributed by atoms with Crippen LogP contribution in [0.15, 0.2) is 78.9 Å². The highest BCUT2D eigenvalue weighted by Crippen LogP contribution is 2.30. The monoisotopic (exact) mass is 404 g/mol. The summed E-state index contributed by atoms with van der Waals surface area (Å²) in [7, 11) is 1.60. The molecular weight excluding hydrogens is 376 g/mol. The summed E-state index contributed by atoms with van der Waals surface area (Å²) in [5, 5.41) is 6.42. The molecule has 156 valence electrons. The topological polar surface area (TPSA) is 59.6 Å². The van der Waals surface area contributed by atoms with E-state index in [2.05, 4.69) is 10.6 Å². The molecule has 0 aliphatic rings. The van der Waals surface area contributed by atoms with E-state index in [1.54, 1.807) is 7.11 Å². The summed E-state index contributed by atoms with van der Waals surface area (Å²) < 4.78 is 10.9. The van der Waals surface area contributed by atoms with Crippen LogP contribution in [0.4, 0.5) is 5.69 Å². The van der Waals surface area contributed by atoms with Crippen LogP contribution in [0, 0.1) is 0 Å². The van der Waals surface area contributed by atoms with Gasteiger partial charge in [-0.3, -0.25) is 4.79 Å². The van der Waals surface area contributed by atoms with Gasteiger partial charge in [-0.1, -0.05) is 60.7 Å². The van der Waals surface area contributed by atoms with Gasteiger partial charge >= 0.3 is 0 Å². The molecule has 0 saturated carbocycles. The first-order valence-electron chi connectivity index (χ1n) is 10.1. The molecule has 5 heteroatoms. The summed E-state index contributed by atoms with van der Waals surface area (Å²) in [6, 6.07) is 24.8. The summed E-state index contributed by atoms with van der Waals surface area (Å²) in [6.07, 6.45) is 0. The van der Waals surface area contributed by atoms with Crippen molar-refractivity contribution in [1.82, 2.24) is 5.32 Å². The Kier molecular flexibility index (Phi) is 7.33. The van der Waals surface area contributed by atoms with E-state index in [-0.39, 0.29) is 11.9 Å². The van der Waals surface area contributed by atoms with Crippen LogP contribution in [-0.4, -0.2) is 25.7 Å². The van der Waals surface area contributed by atoms with E-state index in [0.717, 1.165) is 16.8 Å². The zero-order valence-corrected chi connectivity index (χ0v) is 17.6. The number of anilines is 1. The van der Waals surface area contributed by atoms with E-state index in [1.807, 2.05) is 92.7 Å². The average molecular weight is 405 g/mol. The first-order chi connectivity index (χ1) is 14.6. The summed E-state index contributed by atoms with van der Waals surface area (Å²) in [5.74, 6) is 1.21. The van der Waals surface area contributed by atoms with Crippen molar-refractivity contribution in [3.8, 4) is 11.5 Å². The van der Waals surface area contributed by atoms with Crippen LogP contribution >= 0.6 is 0 Å². The van der Waals surface area contributed by atoms with Gasteiger partial charge in [-0.2, -0.15) is 0 Å². The number of ether oxygens (including phenoxy) is 2. The van der Waals surface area contributed by atoms with Crippen LogP contribution in [0.25, 0.3) is 0 Å². The Morgan fingerprint density at radius 2 is 1.50 bits per heavy atom. The van der Waals surface area contributed by atoms with Crippen molar-refractivity contribution in [2.75, 3.05) is 19.0 Å². The quantitative estimate of drug-likeness (QED) is 0.538. The minimum atomic E-state index is -0.442. The molecule has 0 bridgehead atoms. The van der Waals surface area contributed by atoms with Gasteiger partial charge in [0, 0.05) is 11.8 Å². The van der Waals surface area contributed by atoms with Gasteiger partial charge in [0.05, 0.1) is 19.8 Å². The maximum atomic E-state index is 13.0. The zero-order chi connectivity index (χ0) is 21.3. The lowest BCUT2D eigenvalue weighted by atomic mass is 9.98. The van der Waals surface area contributed by atoms with Gasteiger partial charge in [-0.05, 0) is 37.1 Å². The molecule has 1 amide bonds. The number of amides is 1. The Balaban J connectivity index is 1.74. The molecule has 0 fully saturated rings. The molecule has 1 atom stereocenters. The van der Waals surface area contributed by atoms with E-state index < -0.39 is 6.04 Å². The second kappa shape index (κ2) is 10.3. The molecule has 5 nitrogen and oxygen atoms in total. The van der Waals surface area contributed by atoms with Gasteiger partial charge in [0.2, 0.25) is 5.91 Å². The predicted molar refractivity (Wildman–Crippen MR) is 120 cm³/mol. The maximum Gasteiger partial charge on any atom is 0.242 e. The van der Waals surface area contributed by atoms with E-state index in [1.165, 1.54) is 0 Å². The van der Waals surface area contributed by atoms with Crippen molar-refractivity contribution in [2.24, 2.45) is 0 Å². The molecule has 0 aliphatic heterocycles. The van der Waals surface area contributed by atoms with Gasteiger partial charge in [-0.25, -0.2) is 0 Å². The Bertz CT molecular complexity index is 906. The highest BCUT2D eigenvalue weighted by Gasteiger charge is 2.20. The second-order valence-electron chi connectivity index (χ2n) is 6.93. The summed E-state index contributed by atoms with van der Waals surface area (Å²) in [6.45, 7) is 4.32. The SMILES string of the molecule is CCOc1ccc(N[C@@H](C)C(=O)NC(c2ccccc2)c2ccccc2)cc1OC. The number of carbonyl (C=O) groups is 1.